The van der Waals surface area contributed by atoms with Gasteiger partial charge in [-0.2, -0.15) is 0 Å². The van der Waals surface area contributed by atoms with Crippen LogP contribution in [0.2, 0.25) is 0 Å². The molecule has 0 unspecified atom stereocenters. The Balaban J connectivity index is 0.00000256. The second kappa shape index (κ2) is 7.39. The van der Waals surface area contributed by atoms with Gasteiger partial charge in [0.25, 0.3) is 5.75 Å². The minimum Gasteiger partial charge on any atom is -0.592 e. The summed E-state index contributed by atoms with van der Waals surface area (Å²) in [4.78, 5) is 3.97. The molecule has 0 amide bonds. The largest absolute Gasteiger partial charge is 2.00 e. The first kappa shape index (κ1) is 16.1. The molecule has 8 heteroatoms. The van der Waals surface area contributed by atoms with E-state index in [0.29, 0.717) is 16.8 Å². The molecule has 5 N–H and O–H groups in total. The zero-order chi connectivity index (χ0) is 12.1. The van der Waals surface area contributed by atoms with Crippen LogP contribution in [0.25, 0.3) is 5.43 Å². The monoisotopic (exact) mass is 305 g/mol. The first-order valence-corrected chi connectivity index (χ1v) is 4.87. The summed E-state index contributed by atoms with van der Waals surface area (Å²) >= 11 is 3.74. The van der Waals surface area contributed by atoms with Crippen LogP contribution in [0.4, 0.5) is 0 Å². The summed E-state index contributed by atoms with van der Waals surface area (Å²) in [5, 5.41) is 20.5. The molecule has 0 saturated heterocycles. The van der Waals surface area contributed by atoms with E-state index in [1.807, 2.05) is 0 Å². The molecule has 1 aromatic rings. The minimum atomic E-state index is -0.208. The smallest absolute Gasteiger partial charge is 0.592 e. The molecule has 1 aromatic heterocycles. The molecule has 0 radical (unpaired) electrons. The van der Waals surface area contributed by atoms with Crippen LogP contribution in [0.3, 0.4) is 0 Å². The number of nitrogens with zero attached hydrogens (tertiary/aromatic N) is 3. The normalized spacial score (nSPS) is 10.1. The molecule has 0 aromatic carbocycles. The van der Waals surface area contributed by atoms with Crippen LogP contribution < -0.4 is 5.73 Å². The van der Waals surface area contributed by atoms with Crippen molar-refractivity contribution < 1.29 is 29.7 Å². The van der Waals surface area contributed by atoms with Crippen LogP contribution in [0.5, 0.6) is 5.75 Å². The van der Waals surface area contributed by atoms with Crippen molar-refractivity contribution in [2.75, 3.05) is 0 Å². The number of aromatic nitrogens is 1. The third kappa shape index (κ3) is 4.43. The van der Waals surface area contributed by atoms with Crippen molar-refractivity contribution in [1.29, 1.82) is 0 Å². The quantitative estimate of drug-likeness (QED) is 0.193. The van der Waals surface area contributed by atoms with Crippen LogP contribution in [-0.2, 0) is 38.3 Å². The van der Waals surface area contributed by atoms with Crippen molar-refractivity contribution >= 4 is 23.5 Å². The number of aliphatic hydroxyl groups excluding tert-OH is 1. The molecule has 0 aliphatic rings. The van der Waals surface area contributed by atoms with Gasteiger partial charge in [0.15, 0.2) is 17.3 Å². The van der Waals surface area contributed by atoms with Gasteiger partial charge in [-0.15, -0.1) is 0 Å². The fourth-order valence-corrected chi connectivity index (χ4v) is 1.14. The number of thiol groups is 1. The summed E-state index contributed by atoms with van der Waals surface area (Å²) in [6.07, 6.45) is 2.86. The van der Waals surface area contributed by atoms with E-state index in [-0.39, 0.29) is 36.9 Å². The molecule has 6 nitrogen and oxygen atoms in total. The van der Waals surface area contributed by atoms with Crippen molar-refractivity contribution in [3.05, 3.63) is 28.4 Å². The Morgan fingerprint density at radius 1 is 1.76 bits per heavy atom. The Bertz CT molecular complexity index is 439. The van der Waals surface area contributed by atoms with E-state index in [1.165, 1.54) is 12.4 Å². The fraction of sp³-hybridized carbons (Fsp3) is 0.222. The van der Waals surface area contributed by atoms with Gasteiger partial charge in [0.05, 0.1) is 12.2 Å². The first-order chi connectivity index (χ1) is 7.56. The van der Waals surface area contributed by atoms with Gasteiger partial charge < -0.3 is 20.7 Å². The molecule has 0 aliphatic carbocycles. The Morgan fingerprint density at radius 2 is 2.41 bits per heavy atom. The molecule has 0 atom stereocenters. The maximum atomic E-state index is 9.08. The van der Waals surface area contributed by atoms with E-state index in [2.05, 4.69) is 27.7 Å². The average molecular weight is 307 g/mol. The van der Waals surface area contributed by atoms with Crippen molar-refractivity contribution in [2.24, 2.45) is 10.8 Å². The van der Waals surface area contributed by atoms with Gasteiger partial charge in [0, 0.05) is 18.0 Å². The second-order valence-electron chi connectivity index (χ2n) is 3.02. The van der Waals surface area contributed by atoms with Gasteiger partial charge >= 0.3 is 19.5 Å². The van der Waals surface area contributed by atoms with Gasteiger partial charge in [-0.1, -0.05) is 0 Å². The zero-order valence-electron chi connectivity index (χ0n) is 9.38. The summed E-state index contributed by atoms with van der Waals surface area (Å²) < 4.78 is 0. The van der Waals surface area contributed by atoms with Gasteiger partial charge in [0.2, 0.25) is 0 Å². The van der Waals surface area contributed by atoms with Crippen molar-refractivity contribution in [2.45, 2.75) is 13.5 Å². The number of rotatable bonds is 3. The zero-order valence-corrected chi connectivity index (χ0v) is 13.2. The Hall–Kier alpha value is -0.947. The summed E-state index contributed by atoms with van der Waals surface area (Å²) in [6, 6.07) is 0. The first-order valence-electron chi connectivity index (χ1n) is 4.42. The van der Waals surface area contributed by atoms with E-state index in [4.69, 9.17) is 15.9 Å². The molecule has 0 saturated carbocycles. The molecule has 1 heterocycles. The van der Waals surface area contributed by atoms with E-state index >= 15 is 0 Å². The standard InChI is InChI=1S/C9H12N4O2S.Zn/c1-5-8(15)7(3-12-13-9(10)16)6(4-14)2-11-5;/h2-3,14H,4H2,1H3,(H4,10,11,12,13,15,16);/q;+2/p+1. The Kier molecular flexibility index (Phi) is 6.98. The van der Waals surface area contributed by atoms with Gasteiger partial charge in [-0.05, 0) is 6.92 Å². The molecule has 0 spiro atoms. The number of hydrogen-bond donors (Lipinski definition) is 2. The third-order valence-electron chi connectivity index (χ3n) is 1.91. The number of hydrogen-bond acceptors (Lipinski definition) is 3. The molecule has 17 heavy (non-hydrogen) atoms. The minimum absolute atomic E-state index is 0. The topological polar surface area (TPSA) is 108 Å². The Morgan fingerprint density at radius 3 is 2.94 bits per heavy atom. The number of aliphatic hydroxyl groups is 1. The average Bonchev–Trinajstić information content (AvgIpc) is 2.24. The van der Waals surface area contributed by atoms with Crippen molar-refractivity contribution in [3.8, 4) is 5.75 Å². The van der Waals surface area contributed by atoms with Gasteiger partial charge in [-0.3, -0.25) is 10.7 Å². The Labute approximate surface area is 117 Å². The van der Waals surface area contributed by atoms with E-state index < -0.39 is 0 Å². The maximum Gasteiger partial charge on any atom is 2.00 e. The predicted octanol–water partition coefficient (Wildman–Crippen LogP) is -0.649. The second-order valence-corrected chi connectivity index (χ2v) is 3.48. The van der Waals surface area contributed by atoms with Crippen molar-refractivity contribution in [3.63, 3.8) is 0 Å². The number of pyridine rings is 1. The van der Waals surface area contributed by atoms with Crippen LogP contribution in [0.15, 0.2) is 11.3 Å². The van der Waals surface area contributed by atoms with Gasteiger partial charge in [0.1, 0.15) is 5.69 Å². The number of nitrogens with two attached hydrogens (primary N) is 1. The van der Waals surface area contributed by atoms with Crippen LogP contribution in [0, 0.1) is 6.92 Å². The summed E-state index contributed by atoms with van der Waals surface area (Å²) in [6.45, 7) is 1.50. The summed E-state index contributed by atoms with van der Waals surface area (Å²) in [5.41, 5.74) is 10.3. The summed E-state index contributed by atoms with van der Waals surface area (Å²) in [5.74, 6) is 0.211. The van der Waals surface area contributed by atoms with Crippen LogP contribution >= 0.6 is 0 Å². The van der Waals surface area contributed by atoms with E-state index in [9.17, 15) is 0 Å². The molecule has 1 rings (SSSR count). The molecule has 0 aliphatic heterocycles. The number of aryl methyl sites for hydroxylation is 1. The van der Waals surface area contributed by atoms with Crippen molar-refractivity contribution in [1.82, 2.24) is 4.98 Å². The van der Waals surface area contributed by atoms with E-state index in [0.717, 1.165) is 0 Å². The van der Waals surface area contributed by atoms with E-state index in [1.54, 1.807) is 6.92 Å². The van der Waals surface area contributed by atoms with Crippen LogP contribution in [-0.4, -0.2) is 26.5 Å². The molecule has 0 fully saturated rings. The molecular weight excluding hydrogens is 294 g/mol. The molecule has 0 bridgehead atoms. The summed E-state index contributed by atoms with van der Waals surface area (Å²) in [7, 11) is 0. The maximum absolute atomic E-state index is 9.08. The molecule has 86 valence electrons. The SMILES string of the molecule is Cc1ncc(CO)c(C=N[N-]C(N)=[SH+])c1[OH2+].[Zn+2]. The van der Waals surface area contributed by atoms with Gasteiger partial charge in [-0.25, -0.2) is 0 Å². The molecular formula is C9H13N4O2SZn+3. The predicted molar refractivity (Wildman–Crippen MR) is 66.9 cm³/mol. The fourth-order valence-electron chi connectivity index (χ4n) is 1.08. The third-order valence-corrected chi connectivity index (χ3v) is 2.00. The van der Waals surface area contributed by atoms with Crippen LogP contribution in [0.1, 0.15) is 16.8 Å².